The van der Waals surface area contributed by atoms with Crippen LogP contribution in [-0.2, 0) is 9.53 Å². The van der Waals surface area contributed by atoms with Crippen molar-refractivity contribution in [2.75, 3.05) is 26.3 Å². The highest BCUT2D eigenvalue weighted by Crippen LogP contribution is 2.22. The summed E-state index contributed by atoms with van der Waals surface area (Å²) in [7, 11) is 0. The number of carboxylic acids is 1. The number of carbonyl (C=O) groups is 2. The molecule has 7 heteroatoms. The van der Waals surface area contributed by atoms with Crippen molar-refractivity contribution in [2.24, 2.45) is 5.92 Å². The van der Waals surface area contributed by atoms with E-state index < -0.39 is 17.9 Å². The van der Waals surface area contributed by atoms with Gasteiger partial charge in [0.05, 0.1) is 31.7 Å². The van der Waals surface area contributed by atoms with E-state index in [1.165, 1.54) is 0 Å². The van der Waals surface area contributed by atoms with Gasteiger partial charge in [0.15, 0.2) is 0 Å². The molecule has 118 valence electrons. The molecule has 0 aromatic rings. The van der Waals surface area contributed by atoms with Crippen LogP contribution in [0.1, 0.15) is 27.2 Å². The van der Waals surface area contributed by atoms with Crippen LogP contribution in [0.15, 0.2) is 0 Å². The van der Waals surface area contributed by atoms with Gasteiger partial charge in [-0.2, -0.15) is 5.26 Å². The number of hydrogen-bond donors (Lipinski definition) is 1. The molecule has 1 heterocycles. The Labute approximate surface area is 125 Å². The lowest BCUT2D eigenvalue weighted by molar-refractivity contribution is -0.142. The second-order valence-corrected chi connectivity index (χ2v) is 5.31. The number of hydrogen-bond acceptors (Lipinski definition) is 4. The first kappa shape index (κ1) is 17.2. The first-order valence-corrected chi connectivity index (χ1v) is 7.18. The summed E-state index contributed by atoms with van der Waals surface area (Å²) in [5, 5.41) is 17.9. The number of likely N-dealkylation sites (N-methyl/N-ethyl adjacent to an activating group) is 1. The maximum absolute atomic E-state index is 12.7. The van der Waals surface area contributed by atoms with Crippen molar-refractivity contribution in [1.29, 1.82) is 5.26 Å². The standard InChI is InChI=1S/C14H23N3O4/c1-4-16(12-9-21-8-11(12)13(18)19)14(20)17(10(2)3)7-5-6-15/h10-12H,4-5,7-9H2,1-3H3,(H,18,19). The van der Waals surface area contributed by atoms with Crippen LogP contribution in [0, 0.1) is 17.2 Å². The van der Waals surface area contributed by atoms with E-state index in [0.29, 0.717) is 13.1 Å². The minimum absolute atomic E-state index is 0.0505. The number of urea groups is 1. The summed E-state index contributed by atoms with van der Waals surface area (Å²) in [6.07, 6.45) is 0.255. The van der Waals surface area contributed by atoms with Gasteiger partial charge in [-0.05, 0) is 20.8 Å². The molecule has 2 atom stereocenters. The number of nitrogens with zero attached hydrogens (tertiary/aromatic N) is 3. The summed E-state index contributed by atoms with van der Waals surface area (Å²) in [4.78, 5) is 27.1. The summed E-state index contributed by atoms with van der Waals surface area (Å²) in [5.74, 6) is -1.64. The average molecular weight is 297 g/mol. The predicted octanol–water partition coefficient (Wildman–Crippen LogP) is 1.15. The van der Waals surface area contributed by atoms with Crippen LogP contribution in [0.5, 0.6) is 0 Å². The molecule has 0 bridgehead atoms. The Morgan fingerprint density at radius 2 is 2.10 bits per heavy atom. The van der Waals surface area contributed by atoms with Crippen molar-refractivity contribution < 1.29 is 19.4 Å². The van der Waals surface area contributed by atoms with E-state index in [0.717, 1.165) is 0 Å². The fourth-order valence-corrected chi connectivity index (χ4v) is 2.51. The van der Waals surface area contributed by atoms with Crippen LogP contribution in [0.4, 0.5) is 4.79 Å². The van der Waals surface area contributed by atoms with Crippen molar-refractivity contribution in [3.63, 3.8) is 0 Å². The molecular weight excluding hydrogens is 274 g/mol. The number of ether oxygens (including phenoxy) is 1. The van der Waals surface area contributed by atoms with Crippen molar-refractivity contribution in [3.8, 4) is 6.07 Å². The van der Waals surface area contributed by atoms with E-state index in [9.17, 15) is 14.7 Å². The molecule has 1 aliphatic heterocycles. The first-order chi connectivity index (χ1) is 9.93. The third kappa shape index (κ3) is 4.08. The van der Waals surface area contributed by atoms with Gasteiger partial charge in [0, 0.05) is 19.1 Å². The maximum atomic E-state index is 12.7. The minimum atomic E-state index is -0.947. The predicted molar refractivity (Wildman–Crippen MR) is 75.6 cm³/mol. The Hall–Kier alpha value is -1.81. The molecule has 1 fully saturated rings. The van der Waals surface area contributed by atoms with Crippen LogP contribution in [0.3, 0.4) is 0 Å². The largest absolute Gasteiger partial charge is 0.481 e. The smallest absolute Gasteiger partial charge is 0.320 e. The fraction of sp³-hybridized carbons (Fsp3) is 0.786. The number of carbonyl (C=O) groups excluding carboxylic acids is 1. The zero-order valence-corrected chi connectivity index (χ0v) is 12.8. The lowest BCUT2D eigenvalue weighted by Crippen LogP contribution is -2.53. The molecule has 1 saturated heterocycles. The second kappa shape index (κ2) is 7.84. The van der Waals surface area contributed by atoms with Crippen LogP contribution in [0.2, 0.25) is 0 Å². The van der Waals surface area contributed by atoms with Gasteiger partial charge in [-0.15, -0.1) is 0 Å². The molecule has 0 aromatic heterocycles. The van der Waals surface area contributed by atoms with Crippen LogP contribution in [-0.4, -0.2) is 65.3 Å². The third-order valence-electron chi connectivity index (χ3n) is 3.69. The van der Waals surface area contributed by atoms with Crippen LogP contribution < -0.4 is 0 Å². The highest BCUT2D eigenvalue weighted by Gasteiger charge is 2.40. The number of aliphatic carboxylic acids is 1. The van der Waals surface area contributed by atoms with Crippen LogP contribution >= 0.6 is 0 Å². The molecule has 7 nitrogen and oxygen atoms in total. The summed E-state index contributed by atoms with van der Waals surface area (Å²) >= 11 is 0. The zero-order valence-electron chi connectivity index (χ0n) is 12.8. The Bertz CT molecular complexity index is 419. The number of nitriles is 1. The molecule has 0 radical (unpaired) electrons. The molecular formula is C14H23N3O4. The average Bonchev–Trinajstić information content (AvgIpc) is 2.89. The minimum Gasteiger partial charge on any atom is -0.481 e. The lowest BCUT2D eigenvalue weighted by Gasteiger charge is -2.36. The molecule has 2 unspecified atom stereocenters. The molecule has 1 N–H and O–H groups in total. The second-order valence-electron chi connectivity index (χ2n) is 5.31. The monoisotopic (exact) mass is 297 g/mol. The zero-order chi connectivity index (χ0) is 16.0. The SMILES string of the molecule is CCN(C(=O)N(CCC#N)C(C)C)C1COCC1C(=O)O. The molecule has 2 amide bonds. The number of rotatable bonds is 6. The summed E-state index contributed by atoms with van der Waals surface area (Å²) in [5.41, 5.74) is 0. The van der Waals surface area contributed by atoms with E-state index in [1.807, 2.05) is 26.8 Å². The summed E-state index contributed by atoms with van der Waals surface area (Å²) in [6.45, 7) is 6.69. The van der Waals surface area contributed by atoms with Gasteiger partial charge in [-0.3, -0.25) is 4.79 Å². The van der Waals surface area contributed by atoms with Gasteiger partial charge < -0.3 is 19.6 Å². The highest BCUT2D eigenvalue weighted by atomic mass is 16.5. The maximum Gasteiger partial charge on any atom is 0.320 e. The summed E-state index contributed by atoms with van der Waals surface area (Å²) in [6, 6.07) is 1.29. The third-order valence-corrected chi connectivity index (χ3v) is 3.69. The fourth-order valence-electron chi connectivity index (χ4n) is 2.51. The lowest BCUT2D eigenvalue weighted by atomic mass is 10.0. The van der Waals surface area contributed by atoms with Crippen molar-refractivity contribution in [3.05, 3.63) is 0 Å². The van der Waals surface area contributed by atoms with E-state index >= 15 is 0 Å². The Morgan fingerprint density at radius 1 is 1.43 bits per heavy atom. The Morgan fingerprint density at radius 3 is 2.57 bits per heavy atom. The molecule has 21 heavy (non-hydrogen) atoms. The van der Waals surface area contributed by atoms with Gasteiger partial charge in [0.1, 0.15) is 5.92 Å². The first-order valence-electron chi connectivity index (χ1n) is 7.18. The molecule has 0 spiro atoms. The topological polar surface area (TPSA) is 93.9 Å². The van der Waals surface area contributed by atoms with Gasteiger partial charge in [-0.1, -0.05) is 0 Å². The van der Waals surface area contributed by atoms with Crippen LogP contribution in [0.25, 0.3) is 0 Å². The van der Waals surface area contributed by atoms with Gasteiger partial charge >= 0.3 is 12.0 Å². The quantitative estimate of drug-likeness (QED) is 0.793. The molecule has 1 aliphatic rings. The van der Waals surface area contributed by atoms with Crippen molar-refractivity contribution in [1.82, 2.24) is 9.80 Å². The van der Waals surface area contributed by atoms with E-state index in [-0.39, 0.29) is 31.7 Å². The van der Waals surface area contributed by atoms with Gasteiger partial charge in [0.25, 0.3) is 0 Å². The van der Waals surface area contributed by atoms with E-state index in [2.05, 4.69) is 0 Å². The van der Waals surface area contributed by atoms with Crippen molar-refractivity contribution >= 4 is 12.0 Å². The van der Waals surface area contributed by atoms with Gasteiger partial charge in [0.2, 0.25) is 0 Å². The normalized spacial score (nSPS) is 21.1. The molecule has 0 saturated carbocycles. The number of amides is 2. The van der Waals surface area contributed by atoms with Crippen molar-refractivity contribution in [2.45, 2.75) is 39.3 Å². The Kier molecular flexibility index (Phi) is 6.43. The van der Waals surface area contributed by atoms with Gasteiger partial charge in [-0.25, -0.2) is 4.79 Å². The molecule has 1 rings (SSSR count). The number of carboxylic acid groups (broad SMARTS) is 1. The molecule has 0 aromatic carbocycles. The highest BCUT2D eigenvalue weighted by molar-refractivity contribution is 5.77. The Balaban J connectivity index is 2.88. The molecule has 0 aliphatic carbocycles. The van der Waals surface area contributed by atoms with E-state index in [4.69, 9.17) is 10.00 Å². The summed E-state index contributed by atoms with van der Waals surface area (Å²) < 4.78 is 5.24. The van der Waals surface area contributed by atoms with E-state index in [1.54, 1.807) is 9.80 Å².